The molecular weight excluding hydrogens is 164 g/mol. The molecule has 0 amide bonds. The molecule has 0 saturated carbocycles. The number of aromatic nitrogens is 2. The van der Waals surface area contributed by atoms with Crippen LogP contribution in [-0.2, 0) is 13.0 Å². The van der Waals surface area contributed by atoms with Crippen LogP contribution in [0.5, 0.6) is 5.88 Å². The van der Waals surface area contributed by atoms with Crippen molar-refractivity contribution in [3.8, 4) is 5.88 Å². The lowest BCUT2D eigenvalue weighted by molar-refractivity contribution is 0.369. The van der Waals surface area contributed by atoms with E-state index >= 15 is 0 Å². The van der Waals surface area contributed by atoms with Gasteiger partial charge in [-0.3, -0.25) is 0 Å². The molecule has 0 bridgehead atoms. The first-order chi connectivity index (χ1) is 6.06. The SMILES string of the molecule is CCc1nn(CC(C)C)c(O)c1C. The maximum Gasteiger partial charge on any atom is 0.212 e. The van der Waals surface area contributed by atoms with Crippen LogP contribution >= 0.6 is 0 Å². The zero-order valence-corrected chi connectivity index (χ0v) is 8.83. The molecule has 0 aromatic carbocycles. The summed E-state index contributed by atoms with van der Waals surface area (Å²) in [5.41, 5.74) is 1.92. The average molecular weight is 182 g/mol. The molecule has 0 aliphatic rings. The Balaban J connectivity index is 2.95. The molecule has 1 rings (SSSR count). The van der Waals surface area contributed by atoms with E-state index in [0.29, 0.717) is 11.8 Å². The molecule has 13 heavy (non-hydrogen) atoms. The molecule has 0 atom stereocenters. The van der Waals surface area contributed by atoms with Gasteiger partial charge in [0.25, 0.3) is 0 Å². The van der Waals surface area contributed by atoms with E-state index in [1.165, 1.54) is 0 Å². The standard InChI is InChI=1S/C10H18N2O/c1-5-9-8(4)10(13)12(11-9)6-7(2)3/h7,13H,5-6H2,1-4H3. The molecule has 0 radical (unpaired) electrons. The van der Waals surface area contributed by atoms with Gasteiger partial charge in [0.05, 0.1) is 5.69 Å². The van der Waals surface area contributed by atoms with Crippen molar-refractivity contribution in [2.24, 2.45) is 5.92 Å². The van der Waals surface area contributed by atoms with Gasteiger partial charge in [0.2, 0.25) is 5.88 Å². The molecule has 1 heterocycles. The fraction of sp³-hybridized carbons (Fsp3) is 0.700. The Morgan fingerprint density at radius 1 is 1.46 bits per heavy atom. The van der Waals surface area contributed by atoms with Gasteiger partial charge in [-0.1, -0.05) is 20.8 Å². The first kappa shape index (κ1) is 10.1. The zero-order chi connectivity index (χ0) is 10.0. The van der Waals surface area contributed by atoms with Gasteiger partial charge in [0, 0.05) is 12.1 Å². The molecule has 74 valence electrons. The summed E-state index contributed by atoms with van der Waals surface area (Å²) in [7, 11) is 0. The Bertz CT molecular complexity index is 289. The summed E-state index contributed by atoms with van der Waals surface area (Å²) in [5.74, 6) is 0.834. The smallest absolute Gasteiger partial charge is 0.212 e. The number of hydrogen-bond donors (Lipinski definition) is 1. The summed E-state index contributed by atoms with van der Waals surface area (Å²) in [6.07, 6.45) is 0.879. The van der Waals surface area contributed by atoms with E-state index in [1.807, 2.05) is 6.92 Å². The van der Waals surface area contributed by atoms with Crippen molar-refractivity contribution in [2.75, 3.05) is 0 Å². The van der Waals surface area contributed by atoms with Crippen LogP contribution in [0.4, 0.5) is 0 Å². The van der Waals surface area contributed by atoms with Gasteiger partial charge >= 0.3 is 0 Å². The quantitative estimate of drug-likeness (QED) is 0.777. The monoisotopic (exact) mass is 182 g/mol. The van der Waals surface area contributed by atoms with E-state index in [4.69, 9.17) is 0 Å². The van der Waals surface area contributed by atoms with Gasteiger partial charge in [0.15, 0.2) is 0 Å². The second-order valence-electron chi connectivity index (χ2n) is 3.82. The Morgan fingerprint density at radius 2 is 2.08 bits per heavy atom. The molecular formula is C10H18N2O. The second-order valence-corrected chi connectivity index (χ2v) is 3.82. The van der Waals surface area contributed by atoms with Crippen LogP contribution in [0.3, 0.4) is 0 Å². The molecule has 1 N–H and O–H groups in total. The van der Waals surface area contributed by atoms with Gasteiger partial charge in [0.1, 0.15) is 0 Å². The Morgan fingerprint density at radius 3 is 2.46 bits per heavy atom. The number of hydrogen-bond acceptors (Lipinski definition) is 2. The van der Waals surface area contributed by atoms with Crippen LogP contribution in [0.15, 0.2) is 0 Å². The molecule has 1 aromatic heterocycles. The topological polar surface area (TPSA) is 38.0 Å². The van der Waals surface area contributed by atoms with Crippen LogP contribution < -0.4 is 0 Å². The molecule has 0 aliphatic heterocycles. The summed E-state index contributed by atoms with van der Waals surface area (Å²) in [4.78, 5) is 0. The minimum Gasteiger partial charge on any atom is -0.493 e. The third-order valence-electron chi connectivity index (χ3n) is 2.13. The van der Waals surface area contributed by atoms with Crippen molar-refractivity contribution in [1.82, 2.24) is 9.78 Å². The van der Waals surface area contributed by atoms with Crippen molar-refractivity contribution in [3.63, 3.8) is 0 Å². The van der Waals surface area contributed by atoms with E-state index in [9.17, 15) is 5.11 Å². The van der Waals surface area contributed by atoms with Crippen molar-refractivity contribution >= 4 is 0 Å². The van der Waals surface area contributed by atoms with Crippen LogP contribution in [0, 0.1) is 12.8 Å². The largest absolute Gasteiger partial charge is 0.493 e. The summed E-state index contributed by atoms with van der Waals surface area (Å²) in [5, 5.41) is 14.0. The molecule has 0 saturated heterocycles. The summed E-state index contributed by atoms with van der Waals surface area (Å²) >= 11 is 0. The first-order valence-corrected chi connectivity index (χ1v) is 4.81. The maximum absolute atomic E-state index is 9.70. The van der Waals surface area contributed by atoms with E-state index in [0.717, 1.165) is 24.2 Å². The van der Waals surface area contributed by atoms with E-state index in [2.05, 4.69) is 25.9 Å². The zero-order valence-electron chi connectivity index (χ0n) is 8.83. The number of aryl methyl sites for hydroxylation is 1. The second kappa shape index (κ2) is 3.81. The maximum atomic E-state index is 9.70. The summed E-state index contributed by atoms with van der Waals surface area (Å²) < 4.78 is 1.69. The Hall–Kier alpha value is -0.990. The van der Waals surface area contributed by atoms with E-state index in [-0.39, 0.29) is 0 Å². The van der Waals surface area contributed by atoms with Gasteiger partial charge in [-0.2, -0.15) is 5.10 Å². The highest BCUT2D eigenvalue weighted by molar-refractivity contribution is 5.28. The van der Waals surface area contributed by atoms with E-state index in [1.54, 1.807) is 4.68 Å². The van der Waals surface area contributed by atoms with Crippen molar-refractivity contribution in [1.29, 1.82) is 0 Å². The fourth-order valence-corrected chi connectivity index (χ4v) is 1.40. The lowest BCUT2D eigenvalue weighted by atomic mass is 10.2. The van der Waals surface area contributed by atoms with Crippen molar-refractivity contribution in [3.05, 3.63) is 11.3 Å². The van der Waals surface area contributed by atoms with E-state index < -0.39 is 0 Å². The highest BCUT2D eigenvalue weighted by Crippen LogP contribution is 2.21. The normalized spacial score (nSPS) is 11.2. The number of nitrogens with zero attached hydrogens (tertiary/aromatic N) is 2. The van der Waals surface area contributed by atoms with Crippen molar-refractivity contribution in [2.45, 2.75) is 40.7 Å². The lowest BCUT2D eigenvalue weighted by Gasteiger charge is -2.05. The molecule has 0 unspecified atom stereocenters. The predicted octanol–water partition coefficient (Wildman–Crippen LogP) is 2.12. The molecule has 0 fully saturated rings. The highest BCUT2D eigenvalue weighted by Gasteiger charge is 2.12. The van der Waals surface area contributed by atoms with Gasteiger partial charge in [-0.15, -0.1) is 0 Å². The minimum atomic E-state index is 0.325. The fourth-order valence-electron chi connectivity index (χ4n) is 1.40. The minimum absolute atomic E-state index is 0.325. The molecule has 0 spiro atoms. The van der Waals surface area contributed by atoms with Crippen molar-refractivity contribution < 1.29 is 5.11 Å². The third kappa shape index (κ3) is 2.02. The lowest BCUT2D eigenvalue weighted by Crippen LogP contribution is -2.05. The van der Waals surface area contributed by atoms with Crippen LogP contribution in [0.2, 0.25) is 0 Å². The van der Waals surface area contributed by atoms with Gasteiger partial charge in [-0.05, 0) is 19.3 Å². The summed E-state index contributed by atoms with van der Waals surface area (Å²) in [6, 6.07) is 0. The number of aromatic hydroxyl groups is 1. The number of rotatable bonds is 3. The van der Waals surface area contributed by atoms with Gasteiger partial charge in [-0.25, -0.2) is 4.68 Å². The molecule has 0 aliphatic carbocycles. The van der Waals surface area contributed by atoms with Crippen LogP contribution in [-0.4, -0.2) is 14.9 Å². The first-order valence-electron chi connectivity index (χ1n) is 4.81. The molecule has 3 nitrogen and oxygen atoms in total. The predicted molar refractivity (Wildman–Crippen MR) is 52.8 cm³/mol. The van der Waals surface area contributed by atoms with Gasteiger partial charge < -0.3 is 5.11 Å². The average Bonchev–Trinajstić information content (AvgIpc) is 2.32. The Labute approximate surface area is 79.4 Å². The third-order valence-corrected chi connectivity index (χ3v) is 2.13. The molecule has 3 heteroatoms. The van der Waals surface area contributed by atoms with Crippen LogP contribution in [0.1, 0.15) is 32.0 Å². The van der Waals surface area contributed by atoms with Crippen LogP contribution in [0.25, 0.3) is 0 Å². The molecule has 1 aromatic rings. The Kier molecular flexibility index (Phi) is 2.96. The summed E-state index contributed by atoms with van der Waals surface area (Å²) in [6.45, 7) is 8.98. The highest BCUT2D eigenvalue weighted by atomic mass is 16.3.